The first-order valence-electron chi connectivity index (χ1n) is 10.9. The fourth-order valence-corrected chi connectivity index (χ4v) is 4.22. The number of rotatable bonds is 7. The number of ether oxygens (including phenoxy) is 2. The molecule has 0 bridgehead atoms. The summed E-state index contributed by atoms with van der Waals surface area (Å²) in [6, 6.07) is 8.20. The van der Waals surface area contributed by atoms with E-state index in [9.17, 15) is 4.79 Å². The summed E-state index contributed by atoms with van der Waals surface area (Å²) in [5, 5.41) is 8.74. The molecule has 0 unspecified atom stereocenters. The molecule has 3 aromatic rings. The average molecular weight is 423 g/mol. The van der Waals surface area contributed by atoms with E-state index in [0.29, 0.717) is 25.3 Å². The third kappa shape index (κ3) is 4.42. The number of methoxy groups -OCH3 is 1. The summed E-state index contributed by atoms with van der Waals surface area (Å²) in [5.41, 5.74) is 5.84. The van der Waals surface area contributed by atoms with Crippen LogP contribution in [0.5, 0.6) is 5.88 Å². The molecule has 1 amide bonds. The van der Waals surface area contributed by atoms with Crippen molar-refractivity contribution < 1.29 is 14.3 Å². The molecule has 1 aliphatic rings. The minimum atomic E-state index is 0.0177. The van der Waals surface area contributed by atoms with Crippen molar-refractivity contribution in [2.24, 2.45) is 0 Å². The predicted molar refractivity (Wildman–Crippen MR) is 120 cm³/mol. The van der Waals surface area contributed by atoms with Gasteiger partial charge in [-0.25, -0.2) is 4.68 Å². The predicted octanol–water partition coefficient (Wildman–Crippen LogP) is 3.58. The zero-order chi connectivity index (χ0) is 22.0. The Morgan fingerprint density at radius 1 is 1.26 bits per heavy atom. The fourth-order valence-electron chi connectivity index (χ4n) is 4.22. The Hall–Kier alpha value is -2.93. The maximum atomic E-state index is 12.4. The van der Waals surface area contributed by atoms with Gasteiger partial charge in [0.1, 0.15) is 0 Å². The van der Waals surface area contributed by atoms with E-state index in [1.54, 1.807) is 7.11 Å². The van der Waals surface area contributed by atoms with Crippen LogP contribution in [0.4, 0.5) is 0 Å². The molecule has 7 nitrogen and oxygen atoms in total. The number of nitrogens with one attached hydrogen (secondary N) is 1. The van der Waals surface area contributed by atoms with E-state index >= 15 is 0 Å². The highest BCUT2D eigenvalue weighted by Crippen LogP contribution is 2.31. The van der Waals surface area contributed by atoms with Crippen LogP contribution in [-0.2, 0) is 16.0 Å². The molecule has 0 aliphatic carbocycles. The molecule has 1 fully saturated rings. The monoisotopic (exact) mass is 422 g/mol. The van der Waals surface area contributed by atoms with Gasteiger partial charge in [0.15, 0.2) is 5.65 Å². The van der Waals surface area contributed by atoms with Crippen LogP contribution in [-0.4, -0.2) is 47.0 Å². The van der Waals surface area contributed by atoms with Gasteiger partial charge in [-0.2, -0.15) is 10.1 Å². The first-order chi connectivity index (χ1) is 15.0. The number of amides is 1. The molecule has 31 heavy (non-hydrogen) atoms. The highest BCUT2D eigenvalue weighted by atomic mass is 16.5. The van der Waals surface area contributed by atoms with Crippen LogP contribution in [0.1, 0.15) is 41.6 Å². The normalized spacial score (nSPS) is 16.1. The number of hydrogen-bond acceptors (Lipinski definition) is 5. The van der Waals surface area contributed by atoms with Gasteiger partial charge in [0, 0.05) is 30.5 Å². The Balaban J connectivity index is 1.59. The largest absolute Gasteiger partial charge is 0.481 e. The minimum absolute atomic E-state index is 0.0177. The lowest BCUT2D eigenvalue weighted by Gasteiger charge is -2.14. The Bertz CT molecular complexity index is 1080. The van der Waals surface area contributed by atoms with Gasteiger partial charge in [-0.15, -0.1) is 0 Å². The number of hydrogen-bond donors (Lipinski definition) is 1. The van der Waals surface area contributed by atoms with Gasteiger partial charge < -0.3 is 14.8 Å². The molecular weight excluding hydrogens is 392 g/mol. The van der Waals surface area contributed by atoms with E-state index in [4.69, 9.17) is 19.6 Å². The van der Waals surface area contributed by atoms with Crippen LogP contribution in [0.3, 0.4) is 0 Å². The Labute approximate surface area is 182 Å². The van der Waals surface area contributed by atoms with Gasteiger partial charge >= 0.3 is 0 Å². The summed E-state index contributed by atoms with van der Waals surface area (Å²) in [6.45, 7) is 7.48. The number of nitrogens with zero attached hydrogens (tertiary/aromatic N) is 3. The lowest BCUT2D eigenvalue weighted by atomic mass is 10.0. The lowest BCUT2D eigenvalue weighted by Crippen LogP contribution is -2.31. The van der Waals surface area contributed by atoms with E-state index < -0.39 is 0 Å². The van der Waals surface area contributed by atoms with E-state index in [1.165, 1.54) is 5.56 Å². The number of aryl methyl sites for hydroxylation is 3. The lowest BCUT2D eigenvalue weighted by molar-refractivity contribution is -0.121. The number of carbonyl (C=O) groups excluding carboxylic acids is 1. The number of pyridine rings is 1. The fraction of sp³-hybridized carbons (Fsp3) is 0.458. The summed E-state index contributed by atoms with van der Waals surface area (Å²) in [5.74, 6) is 0.564. The van der Waals surface area contributed by atoms with E-state index in [2.05, 4.69) is 31.3 Å². The molecule has 2 aromatic heterocycles. The maximum Gasteiger partial charge on any atom is 0.220 e. The zero-order valence-electron chi connectivity index (χ0n) is 18.7. The summed E-state index contributed by atoms with van der Waals surface area (Å²) < 4.78 is 13.1. The van der Waals surface area contributed by atoms with Crippen molar-refractivity contribution in [3.63, 3.8) is 0 Å². The summed E-state index contributed by atoms with van der Waals surface area (Å²) in [7, 11) is 1.62. The number of fused-ring (bicyclic) bond motifs is 1. The van der Waals surface area contributed by atoms with Crippen LogP contribution >= 0.6 is 0 Å². The smallest absolute Gasteiger partial charge is 0.220 e. The zero-order valence-corrected chi connectivity index (χ0v) is 18.7. The minimum Gasteiger partial charge on any atom is -0.481 e. The third-order valence-corrected chi connectivity index (χ3v) is 5.95. The standard InChI is InChI=1S/C24H30N4O3/c1-15-7-9-18(10-8-15)28-23-22(17(3)27-28)16(2)20(24(26-23)30-4)11-12-21(29)25-14-19-6-5-13-31-19/h7-10,19H,5-6,11-14H2,1-4H3,(H,25,29)/t19-/m1/s1. The molecule has 7 heteroatoms. The molecule has 164 valence electrons. The highest BCUT2D eigenvalue weighted by molar-refractivity contribution is 5.86. The molecule has 0 radical (unpaired) electrons. The van der Waals surface area contributed by atoms with Gasteiger partial charge in [0.2, 0.25) is 11.8 Å². The Morgan fingerprint density at radius 3 is 2.71 bits per heavy atom. The maximum absolute atomic E-state index is 12.4. The van der Waals surface area contributed by atoms with E-state index in [1.807, 2.05) is 23.7 Å². The van der Waals surface area contributed by atoms with Gasteiger partial charge in [0.05, 0.1) is 24.6 Å². The third-order valence-electron chi connectivity index (χ3n) is 5.95. The molecule has 4 rings (SSSR count). The first-order valence-corrected chi connectivity index (χ1v) is 10.9. The second kappa shape index (κ2) is 9.06. The summed E-state index contributed by atoms with van der Waals surface area (Å²) in [6.07, 6.45) is 3.16. The molecule has 1 N–H and O–H groups in total. The number of aromatic nitrogens is 3. The molecule has 3 heterocycles. The van der Waals surface area contributed by atoms with Gasteiger partial charge in [0.25, 0.3) is 0 Å². The first kappa shape index (κ1) is 21.3. The molecular formula is C24H30N4O3. The summed E-state index contributed by atoms with van der Waals surface area (Å²) in [4.78, 5) is 17.2. The van der Waals surface area contributed by atoms with Crippen molar-refractivity contribution in [2.45, 2.75) is 52.6 Å². The van der Waals surface area contributed by atoms with Crippen LogP contribution in [0, 0.1) is 20.8 Å². The van der Waals surface area contributed by atoms with Crippen molar-refractivity contribution in [3.05, 3.63) is 46.6 Å². The average Bonchev–Trinajstić information content (AvgIpc) is 3.40. The van der Waals surface area contributed by atoms with Gasteiger partial charge in [-0.3, -0.25) is 4.79 Å². The Morgan fingerprint density at radius 2 is 2.03 bits per heavy atom. The molecule has 1 aliphatic heterocycles. The second-order valence-corrected chi connectivity index (χ2v) is 8.20. The SMILES string of the molecule is COc1nc2c(c(C)nn2-c2ccc(C)cc2)c(C)c1CCC(=O)NC[C@H]1CCCO1. The van der Waals surface area contributed by atoms with Crippen LogP contribution in [0.25, 0.3) is 16.7 Å². The molecule has 1 aromatic carbocycles. The molecule has 1 atom stereocenters. The second-order valence-electron chi connectivity index (χ2n) is 8.20. The van der Waals surface area contributed by atoms with E-state index in [-0.39, 0.29) is 12.0 Å². The van der Waals surface area contributed by atoms with Crippen molar-refractivity contribution >= 4 is 16.9 Å². The Kier molecular flexibility index (Phi) is 6.23. The highest BCUT2D eigenvalue weighted by Gasteiger charge is 2.21. The van der Waals surface area contributed by atoms with Crippen molar-refractivity contribution in [3.8, 4) is 11.6 Å². The summed E-state index contributed by atoms with van der Waals surface area (Å²) >= 11 is 0. The van der Waals surface area contributed by atoms with Crippen molar-refractivity contribution in [1.29, 1.82) is 0 Å². The van der Waals surface area contributed by atoms with Gasteiger partial charge in [-0.05, 0) is 57.7 Å². The topological polar surface area (TPSA) is 78.3 Å². The van der Waals surface area contributed by atoms with Crippen molar-refractivity contribution in [1.82, 2.24) is 20.1 Å². The van der Waals surface area contributed by atoms with Crippen LogP contribution in [0.15, 0.2) is 24.3 Å². The number of carbonyl (C=O) groups is 1. The molecule has 0 saturated carbocycles. The van der Waals surface area contributed by atoms with Crippen LogP contribution < -0.4 is 10.1 Å². The van der Waals surface area contributed by atoms with Crippen LogP contribution in [0.2, 0.25) is 0 Å². The van der Waals surface area contributed by atoms with Gasteiger partial charge in [-0.1, -0.05) is 17.7 Å². The number of benzene rings is 1. The molecule has 0 spiro atoms. The van der Waals surface area contributed by atoms with Crippen molar-refractivity contribution in [2.75, 3.05) is 20.3 Å². The van der Waals surface area contributed by atoms with E-state index in [0.717, 1.165) is 53.0 Å². The molecule has 1 saturated heterocycles. The quantitative estimate of drug-likeness (QED) is 0.630.